The van der Waals surface area contributed by atoms with Crippen LogP contribution in [0.4, 0.5) is 5.82 Å². The van der Waals surface area contributed by atoms with Gasteiger partial charge in [-0.25, -0.2) is 0 Å². The van der Waals surface area contributed by atoms with Gasteiger partial charge in [0.05, 0.1) is 18.6 Å². The molecular weight excluding hydrogens is 356 g/mol. The molecule has 3 amide bonds. The summed E-state index contributed by atoms with van der Waals surface area (Å²) in [7, 11) is 0. The molecule has 142 valence electrons. The minimum atomic E-state index is -0.161. The molecule has 4 rings (SSSR count). The van der Waals surface area contributed by atoms with E-state index in [0.29, 0.717) is 31.7 Å². The maximum atomic E-state index is 11.8. The first-order valence-electron chi connectivity index (χ1n) is 9.15. The first-order valence-corrected chi connectivity index (χ1v) is 9.15. The standard InChI is InChI=1S/C21H20N4O3/c1-14(26)22-21-17-4-2-3-5-18(17)25(23-21)13-16-8-6-15(7-9-16)12-24-19(27)10-11-20(24)28/h2-9H,10-13H2,1H3,(H,22,23,26). The van der Waals surface area contributed by atoms with Gasteiger partial charge < -0.3 is 5.32 Å². The molecule has 0 unspecified atom stereocenters. The number of benzene rings is 2. The summed E-state index contributed by atoms with van der Waals surface area (Å²) >= 11 is 0. The second-order valence-corrected chi connectivity index (χ2v) is 6.89. The molecule has 1 aliphatic rings. The van der Waals surface area contributed by atoms with Crippen LogP contribution in [0.5, 0.6) is 0 Å². The molecular formula is C21H20N4O3. The molecule has 0 radical (unpaired) electrons. The quantitative estimate of drug-likeness (QED) is 0.694. The Hall–Kier alpha value is -3.48. The minimum absolute atomic E-state index is 0.109. The van der Waals surface area contributed by atoms with Crippen LogP contribution in [0.1, 0.15) is 30.9 Å². The van der Waals surface area contributed by atoms with Crippen LogP contribution >= 0.6 is 0 Å². The molecule has 0 bridgehead atoms. The first kappa shape index (κ1) is 17.9. The zero-order chi connectivity index (χ0) is 19.7. The molecule has 7 nitrogen and oxygen atoms in total. The summed E-state index contributed by atoms with van der Waals surface area (Å²) in [5, 5.41) is 8.20. The number of likely N-dealkylation sites (tertiary alicyclic amines) is 1. The molecule has 0 saturated carbocycles. The normalized spacial score (nSPS) is 14.1. The first-order chi connectivity index (χ1) is 13.5. The van der Waals surface area contributed by atoms with Crippen molar-refractivity contribution in [1.29, 1.82) is 0 Å². The van der Waals surface area contributed by atoms with Crippen molar-refractivity contribution in [1.82, 2.24) is 14.7 Å². The Kier molecular flexibility index (Phi) is 4.65. The highest BCUT2D eigenvalue weighted by Gasteiger charge is 2.28. The van der Waals surface area contributed by atoms with Gasteiger partial charge >= 0.3 is 0 Å². The largest absolute Gasteiger partial charge is 0.309 e. The lowest BCUT2D eigenvalue weighted by molar-refractivity contribution is -0.139. The van der Waals surface area contributed by atoms with E-state index in [2.05, 4.69) is 10.4 Å². The molecule has 3 aromatic rings. The zero-order valence-electron chi connectivity index (χ0n) is 15.5. The fraction of sp³-hybridized carbons (Fsp3) is 0.238. The van der Waals surface area contributed by atoms with Crippen LogP contribution in [0.25, 0.3) is 10.9 Å². The van der Waals surface area contributed by atoms with E-state index < -0.39 is 0 Å². The Bertz CT molecular complexity index is 1050. The second kappa shape index (κ2) is 7.26. The average Bonchev–Trinajstić information content (AvgIpc) is 3.18. The highest BCUT2D eigenvalue weighted by molar-refractivity contribution is 6.02. The van der Waals surface area contributed by atoms with Gasteiger partial charge in [0.2, 0.25) is 17.7 Å². The van der Waals surface area contributed by atoms with Gasteiger partial charge in [0, 0.05) is 25.2 Å². The fourth-order valence-corrected chi connectivity index (χ4v) is 3.41. The zero-order valence-corrected chi connectivity index (χ0v) is 15.5. The molecule has 2 aromatic carbocycles. The number of fused-ring (bicyclic) bond motifs is 1. The molecule has 2 heterocycles. The van der Waals surface area contributed by atoms with Gasteiger partial charge in [-0.05, 0) is 23.3 Å². The number of carbonyl (C=O) groups is 3. The Balaban J connectivity index is 1.54. The molecule has 0 aliphatic carbocycles. The Morgan fingerprint density at radius 1 is 0.964 bits per heavy atom. The monoisotopic (exact) mass is 376 g/mol. The van der Waals surface area contributed by atoms with E-state index in [0.717, 1.165) is 22.0 Å². The average molecular weight is 376 g/mol. The van der Waals surface area contributed by atoms with Gasteiger partial charge in [-0.3, -0.25) is 24.0 Å². The van der Waals surface area contributed by atoms with Crippen LogP contribution in [0.2, 0.25) is 0 Å². The Labute approximate surface area is 161 Å². The molecule has 1 aromatic heterocycles. The Morgan fingerprint density at radius 3 is 2.21 bits per heavy atom. The number of anilines is 1. The van der Waals surface area contributed by atoms with E-state index in [4.69, 9.17) is 0 Å². The highest BCUT2D eigenvalue weighted by atomic mass is 16.2. The molecule has 1 fully saturated rings. The number of amides is 3. The summed E-state index contributed by atoms with van der Waals surface area (Å²) in [6, 6.07) is 15.5. The third kappa shape index (κ3) is 3.51. The van der Waals surface area contributed by atoms with Crippen molar-refractivity contribution in [2.75, 3.05) is 5.32 Å². The third-order valence-electron chi connectivity index (χ3n) is 4.80. The second-order valence-electron chi connectivity index (χ2n) is 6.89. The van der Waals surface area contributed by atoms with Gasteiger partial charge in [0.1, 0.15) is 0 Å². The van der Waals surface area contributed by atoms with E-state index in [1.807, 2.05) is 53.2 Å². The number of imide groups is 1. The molecule has 0 spiro atoms. The van der Waals surface area contributed by atoms with Crippen molar-refractivity contribution in [2.24, 2.45) is 0 Å². The highest BCUT2D eigenvalue weighted by Crippen LogP contribution is 2.24. The van der Waals surface area contributed by atoms with Crippen molar-refractivity contribution >= 4 is 34.4 Å². The van der Waals surface area contributed by atoms with Crippen molar-refractivity contribution in [3.63, 3.8) is 0 Å². The topological polar surface area (TPSA) is 84.3 Å². The van der Waals surface area contributed by atoms with Gasteiger partial charge in [-0.2, -0.15) is 5.10 Å². The summed E-state index contributed by atoms with van der Waals surface area (Å²) in [4.78, 5) is 36.3. The number of carbonyl (C=O) groups excluding carboxylic acids is 3. The lowest BCUT2D eigenvalue weighted by Gasteiger charge is -2.14. The van der Waals surface area contributed by atoms with Crippen LogP contribution in [-0.2, 0) is 27.5 Å². The van der Waals surface area contributed by atoms with Crippen LogP contribution in [0.3, 0.4) is 0 Å². The van der Waals surface area contributed by atoms with Crippen LogP contribution in [0.15, 0.2) is 48.5 Å². The van der Waals surface area contributed by atoms with Gasteiger partial charge in [-0.1, -0.05) is 36.4 Å². The third-order valence-corrected chi connectivity index (χ3v) is 4.80. The molecule has 1 saturated heterocycles. The maximum Gasteiger partial charge on any atom is 0.229 e. The number of nitrogens with zero attached hydrogens (tertiary/aromatic N) is 3. The summed E-state index contributed by atoms with van der Waals surface area (Å²) in [6.07, 6.45) is 0.611. The number of rotatable bonds is 5. The number of para-hydroxylation sites is 1. The SMILES string of the molecule is CC(=O)Nc1nn(Cc2ccc(CN3C(=O)CCC3=O)cc2)c2ccccc12. The van der Waals surface area contributed by atoms with E-state index in [1.54, 1.807) is 0 Å². The lowest BCUT2D eigenvalue weighted by atomic mass is 10.1. The van der Waals surface area contributed by atoms with E-state index >= 15 is 0 Å². The molecule has 28 heavy (non-hydrogen) atoms. The lowest BCUT2D eigenvalue weighted by Crippen LogP contribution is -2.28. The van der Waals surface area contributed by atoms with Gasteiger partial charge in [0.25, 0.3) is 0 Å². The smallest absolute Gasteiger partial charge is 0.229 e. The van der Waals surface area contributed by atoms with Gasteiger partial charge in [0.15, 0.2) is 5.82 Å². The molecule has 1 N–H and O–H groups in total. The van der Waals surface area contributed by atoms with Crippen molar-refractivity contribution in [3.8, 4) is 0 Å². The van der Waals surface area contributed by atoms with E-state index in [-0.39, 0.29) is 17.7 Å². The van der Waals surface area contributed by atoms with Crippen molar-refractivity contribution < 1.29 is 14.4 Å². The maximum absolute atomic E-state index is 11.8. The van der Waals surface area contributed by atoms with Crippen molar-refractivity contribution in [3.05, 3.63) is 59.7 Å². The minimum Gasteiger partial charge on any atom is -0.309 e. The predicted octanol–water partition coefficient (Wildman–Crippen LogP) is 2.69. The van der Waals surface area contributed by atoms with Crippen molar-refractivity contribution in [2.45, 2.75) is 32.9 Å². The van der Waals surface area contributed by atoms with E-state index in [9.17, 15) is 14.4 Å². The van der Waals surface area contributed by atoms with Crippen LogP contribution in [-0.4, -0.2) is 32.4 Å². The number of hydrogen-bond acceptors (Lipinski definition) is 4. The summed E-state index contributed by atoms with van der Waals surface area (Å²) in [6.45, 7) is 2.32. The van der Waals surface area contributed by atoms with E-state index in [1.165, 1.54) is 11.8 Å². The Morgan fingerprint density at radius 2 is 1.57 bits per heavy atom. The molecule has 1 aliphatic heterocycles. The molecule has 0 atom stereocenters. The summed E-state index contributed by atoms with van der Waals surface area (Å²) < 4.78 is 1.85. The number of hydrogen-bond donors (Lipinski definition) is 1. The van der Waals surface area contributed by atoms with Gasteiger partial charge in [-0.15, -0.1) is 0 Å². The number of aromatic nitrogens is 2. The fourth-order valence-electron chi connectivity index (χ4n) is 3.41. The summed E-state index contributed by atoms with van der Waals surface area (Å²) in [5.41, 5.74) is 2.88. The number of nitrogens with one attached hydrogen (secondary N) is 1. The summed E-state index contributed by atoms with van der Waals surface area (Å²) in [5.74, 6) is 0.168. The molecule has 7 heteroatoms. The predicted molar refractivity (Wildman–Crippen MR) is 104 cm³/mol. The van der Waals surface area contributed by atoms with Crippen LogP contribution < -0.4 is 5.32 Å². The van der Waals surface area contributed by atoms with Crippen LogP contribution in [0, 0.1) is 0 Å².